The van der Waals surface area contributed by atoms with Crippen LogP contribution in [0.3, 0.4) is 0 Å². The van der Waals surface area contributed by atoms with Gasteiger partial charge >= 0.3 is 155 Å². The molecule has 0 aliphatic carbocycles. The summed E-state index contributed by atoms with van der Waals surface area (Å²) in [6.07, 6.45) is 0. The van der Waals surface area contributed by atoms with Crippen LogP contribution in [0.1, 0.15) is 0 Å². The molecule has 0 unspecified atom stereocenters. The van der Waals surface area contributed by atoms with E-state index in [-0.39, 0.29) is 0 Å². The number of methoxy groups -OCH3 is 2. The van der Waals surface area contributed by atoms with Crippen LogP contribution in [0.2, 0.25) is 0 Å². The molecule has 4 nitrogen and oxygen atoms in total. The predicted molar refractivity (Wildman–Crippen MR) is 98.4 cm³/mol. The van der Waals surface area contributed by atoms with E-state index in [9.17, 15) is 0 Å². The molecule has 0 saturated heterocycles. The molecule has 2 aromatic carbocycles. The summed E-state index contributed by atoms with van der Waals surface area (Å²) in [5, 5.41) is 0. The number of hydrogen-bond acceptors (Lipinski definition) is 4. The van der Waals surface area contributed by atoms with Gasteiger partial charge in [0, 0.05) is 0 Å². The Morgan fingerprint density at radius 1 is 0.625 bits per heavy atom. The van der Waals surface area contributed by atoms with Gasteiger partial charge in [0.2, 0.25) is 0 Å². The van der Waals surface area contributed by atoms with Crippen molar-refractivity contribution < 1.29 is 18.9 Å². The molecule has 130 valence electrons. The summed E-state index contributed by atoms with van der Waals surface area (Å²) in [6.45, 7) is 2.35. The average Bonchev–Trinajstić information content (AvgIpc) is 2.62. The first-order valence-electron chi connectivity index (χ1n) is 7.61. The molecule has 0 atom stereocenters. The van der Waals surface area contributed by atoms with Gasteiger partial charge in [0.15, 0.2) is 0 Å². The molecule has 6 heteroatoms. The molecule has 24 heavy (non-hydrogen) atoms. The van der Waals surface area contributed by atoms with Crippen molar-refractivity contribution >= 4 is 35.2 Å². The fourth-order valence-corrected chi connectivity index (χ4v) is 8.61. The fraction of sp³-hybridized carbons (Fsp3) is 0.333. The zero-order valence-corrected chi connectivity index (χ0v) is 17.3. The van der Waals surface area contributed by atoms with Crippen molar-refractivity contribution in [1.82, 2.24) is 0 Å². The minimum absolute atomic E-state index is 0.331. The van der Waals surface area contributed by atoms with E-state index in [1.165, 1.54) is 8.92 Å². The summed E-state index contributed by atoms with van der Waals surface area (Å²) in [5.41, 5.74) is 0. The Bertz CT molecular complexity index is 554. The third-order valence-corrected chi connectivity index (χ3v) is 10.2. The van der Waals surface area contributed by atoms with Crippen LogP contribution in [0.25, 0.3) is 0 Å². The van der Waals surface area contributed by atoms with Gasteiger partial charge in [-0.1, -0.05) is 0 Å². The first-order chi connectivity index (χ1) is 11.8. The van der Waals surface area contributed by atoms with Crippen molar-refractivity contribution in [2.45, 2.75) is 0 Å². The summed E-state index contributed by atoms with van der Waals surface area (Å²) in [6, 6.07) is 16.5. The van der Waals surface area contributed by atoms with Gasteiger partial charge in [0.1, 0.15) is 0 Å². The summed E-state index contributed by atoms with van der Waals surface area (Å²) in [4.78, 5) is 0. The number of rotatable bonds is 11. The van der Waals surface area contributed by atoms with Gasteiger partial charge in [0.05, 0.1) is 0 Å². The number of ether oxygens (including phenoxy) is 4. The van der Waals surface area contributed by atoms with Crippen LogP contribution in [0.15, 0.2) is 48.5 Å². The Balaban J connectivity index is 1.98. The number of para-hydroxylation sites is 2. The molecule has 2 aromatic rings. The third kappa shape index (κ3) is 6.48. The normalized spacial score (nSPS) is 10.6. The van der Waals surface area contributed by atoms with Crippen LogP contribution < -0.4 is 18.4 Å². The van der Waals surface area contributed by atoms with Gasteiger partial charge in [-0.15, -0.1) is 0 Å². The Labute approximate surface area is 154 Å². The molecule has 0 saturated carbocycles. The van der Waals surface area contributed by atoms with E-state index >= 15 is 0 Å². The van der Waals surface area contributed by atoms with Crippen LogP contribution in [0, 0.1) is 0 Å². The monoisotopic (exact) mass is 462 g/mol. The fourth-order valence-electron chi connectivity index (χ4n) is 1.84. The molecule has 2 rings (SSSR count). The Kier molecular flexibility index (Phi) is 9.29. The first-order valence-corrected chi connectivity index (χ1v) is 13.7. The second-order valence-corrected chi connectivity index (χ2v) is 10.9. The second-order valence-electron chi connectivity index (χ2n) is 4.74. The molecular formula is C18H22O4Se2. The average molecular weight is 460 g/mol. The third-order valence-electron chi connectivity index (χ3n) is 3.01. The minimum atomic E-state index is 0.331. The van der Waals surface area contributed by atoms with Crippen molar-refractivity contribution in [1.29, 1.82) is 0 Å². The van der Waals surface area contributed by atoms with Crippen LogP contribution in [0.5, 0.6) is 11.5 Å². The van der Waals surface area contributed by atoms with Crippen molar-refractivity contribution in [3.63, 3.8) is 0 Å². The van der Waals surface area contributed by atoms with Crippen LogP contribution in [-0.4, -0.2) is 66.9 Å². The molecule has 0 N–H and O–H groups in total. The number of benzene rings is 2. The summed E-state index contributed by atoms with van der Waals surface area (Å²) in [5.74, 6) is 1.93. The van der Waals surface area contributed by atoms with Crippen LogP contribution in [0.4, 0.5) is 0 Å². The van der Waals surface area contributed by atoms with Gasteiger partial charge in [0.25, 0.3) is 0 Å². The van der Waals surface area contributed by atoms with Crippen molar-refractivity contribution in [3.05, 3.63) is 48.5 Å². The molecule has 0 bridgehead atoms. The molecule has 0 amide bonds. The SMILES string of the molecule is COCCOc1ccccc1[Se][Se]c1ccccc1OCCOC. The number of hydrogen-bond donors (Lipinski definition) is 0. The van der Waals surface area contributed by atoms with Crippen LogP contribution in [-0.2, 0) is 9.47 Å². The molecule has 0 fully saturated rings. The molecule has 0 aromatic heterocycles. The first kappa shape index (κ1) is 19.3. The molecule has 0 radical (unpaired) electrons. The summed E-state index contributed by atoms with van der Waals surface area (Å²) >= 11 is 0.661. The molecule has 0 heterocycles. The van der Waals surface area contributed by atoms with Gasteiger partial charge in [-0.25, -0.2) is 0 Å². The summed E-state index contributed by atoms with van der Waals surface area (Å²) < 4.78 is 24.3. The van der Waals surface area contributed by atoms with Gasteiger partial charge < -0.3 is 0 Å². The molecule has 0 spiro atoms. The maximum absolute atomic E-state index is 5.83. The summed E-state index contributed by atoms with van der Waals surface area (Å²) in [7, 11) is 3.37. The van der Waals surface area contributed by atoms with E-state index < -0.39 is 0 Å². The van der Waals surface area contributed by atoms with Gasteiger partial charge in [-0.3, -0.25) is 0 Å². The van der Waals surface area contributed by atoms with E-state index in [1.54, 1.807) is 14.2 Å². The van der Waals surface area contributed by atoms with E-state index in [4.69, 9.17) is 18.9 Å². The van der Waals surface area contributed by atoms with Crippen LogP contribution >= 0.6 is 0 Å². The van der Waals surface area contributed by atoms with Crippen molar-refractivity contribution in [2.75, 3.05) is 40.6 Å². The maximum atomic E-state index is 5.83. The van der Waals surface area contributed by atoms with E-state index in [1.807, 2.05) is 24.3 Å². The van der Waals surface area contributed by atoms with Gasteiger partial charge in [-0.2, -0.15) is 0 Å². The quantitative estimate of drug-likeness (QED) is 0.371. The second kappa shape index (κ2) is 11.5. The van der Waals surface area contributed by atoms with E-state index in [2.05, 4.69) is 24.3 Å². The van der Waals surface area contributed by atoms with Crippen molar-refractivity contribution in [3.8, 4) is 11.5 Å². The zero-order valence-electron chi connectivity index (χ0n) is 13.9. The van der Waals surface area contributed by atoms with E-state index in [0.29, 0.717) is 52.7 Å². The van der Waals surface area contributed by atoms with Gasteiger partial charge in [-0.05, 0) is 0 Å². The molecule has 0 aliphatic heterocycles. The van der Waals surface area contributed by atoms with E-state index in [0.717, 1.165) is 11.5 Å². The topological polar surface area (TPSA) is 36.9 Å². The molecule has 0 aliphatic rings. The Morgan fingerprint density at radius 3 is 1.46 bits per heavy atom. The zero-order chi connectivity index (χ0) is 17.0. The standard InChI is InChI=1S/C18H22O4Se2/c1-19-11-13-21-15-7-3-5-9-17(15)23-24-18-10-6-4-8-16(18)22-14-12-20-2/h3-10H,11-14H2,1-2H3. The Hall–Kier alpha value is -1.00. The predicted octanol–water partition coefficient (Wildman–Crippen LogP) is 1.01. The van der Waals surface area contributed by atoms with Crippen molar-refractivity contribution in [2.24, 2.45) is 0 Å². The Morgan fingerprint density at radius 2 is 1.04 bits per heavy atom. The molecular weight excluding hydrogens is 438 g/mol.